The van der Waals surface area contributed by atoms with Crippen LogP contribution in [0.25, 0.3) is 0 Å². The fraction of sp³-hybridized carbons (Fsp3) is 0.812. The molecule has 2 fully saturated rings. The minimum Gasteiger partial charge on any atom is -0.337 e. The molecule has 0 amide bonds. The molecule has 0 radical (unpaired) electrons. The van der Waals surface area contributed by atoms with E-state index in [1.807, 2.05) is 6.33 Å². The molecule has 2 bridgehead atoms. The van der Waals surface area contributed by atoms with Gasteiger partial charge in [0.25, 0.3) is 0 Å². The molecule has 3 rings (SSSR count). The lowest BCUT2D eigenvalue weighted by Gasteiger charge is -2.21. The number of hydrogen-bond acceptors (Lipinski definition) is 2. The van der Waals surface area contributed by atoms with Crippen LogP contribution in [0.1, 0.15) is 44.7 Å². The van der Waals surface area contributed by atoms with E-state index in [4.69, 9.17) is 0 Å². The fourth-order valence-corrected chi connectivity index (χ4v) is 4.02. The highest BCUT2D eigenvalue weighted by Gasteiger charge is 2.39. The van der Waals surface area contributed by atoms with Crippen LogP contribution in [0, 0.1) is 17.8 Å². The predicted octanol–water partition coefficient (Wildman–Crippen LogP) is 2.86. The largest absolute Gasteiger partial charge is 0.337 e. The maximum atomic E-state index is 4.54. The van der Waals surface area contributed by atoms with Crippen LogP contribution in [0.3, 0.4) is 0 Å². The molecule has 3 unspecified atom stereocenters. The Morgan fingerprint density at radius 2 is 2.26 bits per heavy atom. The van der Waals surface area contributed by atoms with Crippen molar-refractivity contribution in [3.63, 3.8) is 0 Å². The van der Waals surface area contributed by atoms with Crippen molar-refractivity contribution in [1.82, 2.24) is 14.9 Å². The Morgan fingerprint density at radius 3 is 3.00 bits per heavy atom. The molecule has 1 heterocycles. The van der Waals surface area contributed by atoms with Crippen molar-refractivity contribution in [2.45, 2.75) is 52.0 Å². The summed E-state index contributed by atoms with van der Waals surface area (Å²) >= 11 is 0. The van der Waals surface area contributed by atoms with Gasteiger partial charge in [-0.25, -0.2) is 4.98 Å². The minimum absolute atomic E-state index is 0.930. The molecule has 2 saturated carbocycles. The SMILES string of the molecule is CCCNCCc1cn(CC2CC3CCC2C3)cn1. The Kier molecular flexibility index (Phi) is 4.21. The first-order valence-electron chi connectivity index (χ1n) is 8.06. The minimum atomic E-state index is 0.930. The van der Waals surface area contributed by atoms with Crippen LogP contribution in [0.15, 0.2) is 12.5 Å². The van der Waals surface area contributed by atoms with Crippen molar-refractivity contribution in [3.05, 3.63) is 18.2 Å². The maximum absolute atomic E-state index is 4.54. The van der Waals surface area contributed by atoms with Gasteiger partial charge >= 0.3 is 0 Å². The third kappa shape index (κ3) is 3.19. The second-order valence-corrected chi connectivity index (χ2v) is 6.50. The molecule has 0 aromatic carbocycles. The molecule has 1 N–H and O–H groups in total. The quantitative estimate of drug-likeness (QED) is 0.765. The molecule has 106 valence electrons. The van der Waals surface area contributed by atoms with E-state index < -0.39 is 0 Å². The average Bonchev–Trinajstić information content (AvgIpc) is 3.11. The summed E-state index contributed by atoms with van der Waals surface area (Å²) in [4.78, 5) is 4.54. The van der Waals surface area contributed by atoms with E-state index in [0.717, 1.165) is 37.3 Å². The zero-order valence-electron chi connectivity index (χ0n) is 12.1. The Hall–Kier alpha value is -0.830. The van der Waals surface area contributed by atoms with Crippen LogP contribution in [0.5, 0.6) is 0 Å². The summed E-state index contributed by atoms with van der Waals surface area (Å²) in [6, 6.07) is 0. The highest BCUT2D eigenvalue weighted by Crippen LogP contribution is 2.48. The van der Waals surface area contributed by atoms with Gasteiger partial charge in [-0.1, -0.05) is 13.3 Å². The molecular weight excluding hydrogens is 234 g/mol. The molecule has 3 nitrogen and oxygen atoms in total. The topological polar surface area (TPSA) is 29.9 Å². The Morgan fingerprint density at radius 1 is 1.32 bits per heavy atom. The van der Waals surface area contributed by atoms with Gasteiger partial charge in [0.2, 0.25) is 0 Å². The van der Waals surface area contributed by atoms with E-state index in [9.17, 15) is 0 Å². The van der Waals surface area contributed by atoms with Gasteiger partial charge in [-0.15, -0.1) is 0 Å². The summed E-state index contributed by atoms with van der Waals surface area (Å²) in [6.07, 6.45) is 12.5. The van der Waals surface area contributed by atoms with Crippen molar-refractivity contribution in [3.8, 4) is 0 Å². The summed E-state index contributed by atoms with van der Waals surface area (Å²) in [5.41, 5.74) is 1.24. The zero-order valence-corrected chi connectivity index (χ0v) is 12.1. The van der Waals surface area contributed by atoms with Gasteiger partial charge in [-0.2, -0.15) is 0 Å². The van der Waals surface area contributed by atoms with Crippen molar-refractivity contribution in [2.75, 3.05) is 13.1 Å². The third-order valence-electron chi connectivity index (χ3n) is 5.00. The lowest BCUT2D eigenvalue weighted by molar-refractivity contribution is 0.295. The molecule has 19 heavy (non-hydrogen) atoms. The lowest BCUT2D eigenvalue weighted by Crippen LogP contribution is -2.18. The molecule has 1 aromatic heterocycles. The molecule has 1 aromatic rings. The van der Waals surface area contributed by atoms with Crippen molar-refractivity contribution < 1.29 is 0 Å². The van der Waals surface area contributed by atoms with E-state index in [0.29, 0.717) is 0 Å². The molecular formula is C16H27N3. The fourth-order valence-electron chi connectivity index (χ4n) is 4.02. The Labute approximate surface area is 116 Å². The second-order valence-electron chi connectivity index (χ2n) is 6.50. The summed E-state index contributed by atoms with van der Waals surface area (Å²) in [6.45, 7) is 5.58. The van der Waals surface area contributed by atoms with Gasteiger partial charge in [0, 0.05) is 25.7 Å². The van der Waals surface area contributed by atoms with Crippen molar-refractivity contribution in [1.29, 1.82) is 0 Å². The first-order valence-corrected chi connectivity index (χ1v) is 8.06. The molecule has 0 aliphatic heterocycles. The van der Waals surface area contributed by atoms with Crippen molar-refractivity contribution >= 4 is 0 Å². The number of aromatic nitrogens is 2. The Bertz CT molecular complexity index is 398. The number of imidazole rings is 1. The van der Waals surface area contributed by atoms with Gasteiger partial charge in [0.15, 0.2) is 0 Å². The molecule has 3 atom stereocenters. The molecule has 0 saturated heterocycles. The van der Waals surface area contributed by atoms with Gasteiger partial charge in [0.1, 0.15) is 0 Å². The normalized spacial score (nSPS) is 29.2. The first kappa shape index (κ1) is 13.2. The van der Waals surface area contributed by atoms with Gasteiger partial charge in [-0.3, -0.25) is 0 Å². The number of rotatable bonds is 7. The summed E-state index contributed by atoms with van der Waals surface area (Å²) < 4.78 is 2.33. The third-order valence-corrected chi connectivity index (χ3v) is 5.00. The smallest absolute Gasteiger partial charge is 0.0949 e. The van der Waals surface area contributed by atoms with Gasteiger partial charge in [0.05, 0.1) is 12.0 Å². The van der Waals surface area contributed by atoms with Crippen LogP contribution >= 0.6 is 0 Å². The predicted molar refractivity (Wildman–Crippen MR) is 78.0 cm³/mol. The maximum Gasteiger partial charge on any atom is 0.0949 e. The highest BCUT2D eigenvalue weighted by molar-refractivity contribution is 4.99. The van der Waals surface area contributed by atoms with Gasteiger partial charge in [-0.05, 0) is 50.0 Å². The summed E-state index contributed by atoms with van der Waals surface area (Å²) in [5.74, 6) is 3.00. The van der Waals surface area contributed by atoms with Gasteiger partial charge < -0.3 is 9.88 Å². The van der Waals surface area contributed by atoms with E-state index in [-0.39, 0.29) is 0 Å². The molecule has 2 aliphatic rings. The van der Waals surface area contributed by atoms with Crippen LogP contribution in [0.4, 0.5) is 0 Å². The van der Waals surface area contributed by atoms with Crippen LogP contribution in [-0.4, -0.2) is 22.6 Å². The molecule has 2 aliphatic carbocycles. The summed E-state index contributed by atoms with van der Waals surface area (Å²) in [7, 11) is 0. The molecule has 3 heteroatoms. The first-order chi connectivity index (χ1) is 9.35. The molecule has 0 spiro atoms. The van der Waals surface area contributed by atoms with Crippen LogP contribution < -0.4 is 5.32 Å². The summed E-state index contributed by atoms with van der Waals surface area (Å²) in [5, 5.41) is 3.44. The van der Waals surface area contributed by atoms with Crippen LogP contribution in [0.2, 0.25) is 0 Å². The van der Waals surface area contributed by atoms with E-state index in [1.165, 1.54) is 44.3 Å². The van der Waals surface area contributed by atoms with E-state index in [2.05, 4.69) is 28.0 Å². The van der Waals surface area contributed by atoms with Crippen LogP contribution in [-0.2, 0) is 13.0 Å². The van der Waals surface area contributed by atoms with Crippen molar-refractivity contribution in [2.24, 2.45) is 17.8 Å². The number of nitrogens with zero attached hydrogens (tertiary/aromatic N) is 2. The van der Waals surface area contributed by atoms with E-state index in [1.54, 1.807) is 0 Å². The zero-order chi connectivity index (χ0) is 13.1. The standard InChI is InChI=1S/C16H27N3/c1-2-6-17-7-5-16-11-19(12-18-16)10-15-9-13-3-4-14(15)8-13/h11-15,17H,2-10H2,1H3. The highest BCUT2D eigenvalue weighted by atomic mass is 15.0. The number of nitrogens with one attached hydrogen (secondary N) is 1. The second kappa shape index (κ2) is 6.08. The number of hydrogen-bond donors (Lipinski definition) is 1. The number of fused-ring (bicyclic) bond motifs is 2. The van der Waals surface area contributed by atoms with E-state index >= 15 is 0 Å². The average molecular weight is 261 g/mol. The monoisotopic (exact) mass is 261 g/mol. The lowest BCUT2D eigenvalue weighted by atomic mass is 9.89. The Balaban J connectivity index is 1.45.